The summed E-state index contributed by atoms with van der Waals surface area (Å²) in [6.45, 7) is 3.53. The molecule has 0 radical (unpaired) electrons. The van der Waals surface area contributed by atoms with Crippen LogP contribution in [0.1, 0.15) is 21.5 Å². The zero-order valence-corrected chi connectivity index (χ0v) is 19.2. The lowest BCUT2D eigenvalue weighted by molar-refractivity contribution is -0.123. The molecular formula is C26H23ClN2O5. The van der Waals surface area contributed by atoms with Gasteiger partial charge in [0.15, 0.2) is 18.1 Å². The van der Waals surface area contributed by atoms with Gasteiger partial charge in [-0.1, -0.05) is 35.9 Å². The summed E-state index contributed by atoms with van der Waals surface area (Å²) in [6.07, 6.45) is 3.85. The average Bonchev–Trinajstić information content (AvgIpc) is 2.85. The highest BCUT2D eigenvalue weighted by Crippen LogP contribution is 2.28. The number of halogens is 1. The lowest BCUT2D eigenvalue weighted by Crippen LogP contribution is -2.24. The van der Waals surface area contributed by atoms with Crippen LogP contribution in [0.5, 0.6) is 17.2 Å². The molecule has 0 saturated carbocycles. The van der Waals surface area contributed by atoms with Crippen LogP contribution in [0, 0.1) is 0 Å². The number of carbonyl (C=O) groups excluding carboxylic acids is 2. The minimum absolute atomic E-state index is 0.186. The first-order valence-electron chi connectivity index (χ1n) is 10.3. The highest BCUT2D eigenvalue weighted by molar-refractivity contribution is 6.30. The molecule has 0 heterocycles. The first-order valence-corrected chi connectivity index (χ1v) is 10.7. The number of ether oxygens (including phenoxy) is 3. The van der Waals surface area contributed by atoms with Gasteiger partial charge in [-0.05, 0) is 66.1 Å². The maximum atomic E-state index is 12.3. The van der Waals surface area contributed by atoms with Gasteiger partial charge in [0.25, 0.3) is 5.91 Å². The number of allylic oxidation sites excluding steroid dienone is 1. The Bertz CT molecular complexity index is 1190. The molecule has 0 spiro atoms. The van der Waals surface area contributed by atoms with Crippen LogP contribution >= 0.6 is 11.6 Å². The van der Waals surface area contributed by atoms with E-state index in [9.17, 15) is 9.59 Å². The first-order chi connectivity index (χ1) is 16.5. The Kier molecular flexibility index (Phi) is 8.82. The maximum Gasteiger partial charge on any atom is 0.343 e. The van der Waals surface area contributed by atoms with E-state index in [2.05, 4.69) is 17.1 Å². The molecule has 1 amide bonds. The van der Waals surface area contributed by atoms with Crippen molar-refractivity contribution < 1.29 is 23.8 Å². The summed E-state index contributed by atoms with van der Waals surface area (Å²) in [7, 11) is 1.46. The standard InChI is InChI=1S/C26H23ClN2O5/c1-3-6-19-7-4-5-8-22(19)33-17-25(30)29-28-16-18-9-14-23(24(15-18)32-2)34-26(31)20-10-12-21(27)13-11-20/h3-5,7-16H,1,6,17H2,2H3,(H,29,30). The molecule has 174 valence electrons. The number of rotatable bonds is 10. The topological polar surface area (TPSA) is 86.2 Å². The number of hydrogen-bond donors (Lipinski definition) is 1. The number of methoxy groups -OCH3 is 1. The Morgan fingerprint density at radius 2 is 1.79 bits per heavy atom. The fraction of sp³-hybridized carbons (Fsp3) is 0.115. The fourth-order valence-corrected chi connectivity index (χ4v) is 3.04. The summed E-state index contributed by atoms with van der Waals surface area (Å²) in [4.78, 5) is 24.4. The fourth-order valence-electron chi connectivity index (χ4n) is 2.92. The molecule has 0 aliphatic carbocycles. The summed E-state index contributed by atoms with van der Waals surface area (Å²) in [5.41, 5.74) is 4.34. The van der Waals surface area contributed by atoms with E-state index in [0.29, 0.717) is 34.1 Å². The molecule has 7 nitrogen and oxygen atoms in total. The molecule has 0 aliphatic heterocycles. The van der Waals surface area contributed by atoms with Gasteiger partial charge < -0.3 is 14.2 Å². The molecule has 0 aliphatic rings. The normalized spacial score (nSPS) is 10.5. The first kappa shape index (κ1) is 24.5. The molecule has 0 saturated heterocycles. The van der Waals surface area contributed by atoms with Crippen molar-refractivity contribution in [3.63, 3.8) is 0 Å². The number of esters is 1. The van der Waals surface area contributed by atoms with Gasteiger partial charge in [-0.2, -0.15) is 5.10 Å². The van der Waals surface area contributed by atoms with Crippen LogP contribution in [-0.4, -0.2) is 31.8 Å². The second-order valence-electron chi connectivity index (χ2n) is 6.99. The quantitative estimate of drug-likeness (QED) is 0.148. The zero-order valence-electron chi connectivity index (χ0n) is 18.5. The van der Waals surface area contributed by atoms with E-state index in [4.69, 9.17) is 25.8 Å². The molecule has 34 heavy (non-hydrogen) atoms. The average molecular weight is 479 g/mol. The van der Waals surface area contributed by atoms with Gasteiger partial charge in [0.1, 0.15) is 5.75 Å². The Morgan fingerprint density at radius 1 is 1.03 bits per heavy atom. The zero-order chi connectivity index (χ0) is 24.3. The second kappa shape index (κ2) is 12.2. The van der Waals surface area contributed by atoms with Crippen molar-refractivity contribution in [3.8, 4) is 17.2 Å². The van der Waals surface area contributed by atoms with Crippen molar-refractivity contribution in [3.05, 3.63) is 101 Å². The predicted molar refractivity (Wildman–Crippen MR) is 131 cm³/mol. The van der Waals surface area contributed by atoms with Crippen LogP contribution in [0.3, 0.4) is 0 Å². The monoisotopic (exact) mass is 478 g/mol. The molecule has 0 aromatic heterocycles. The molecule has 3 aromatic rings. The van der Waals surface area contributed by atoms with Gasteiger partial charge in [-0.15, -0.1) is 6.58 Å². The van der Waals surface area contributed by atoms with Crippen molar-refractivity contribution in [2.24, 2.45) is 5.10 Å². The number of hydrazone groups is 1. The SMILES string of the molecule is C=CCc1ccccc1OCC(=O)NN=Cc1ccc(OC(=O)c2ccc(Cl)cc2)c(OC)c1. The summed E-state index contributed by atoms with van der Waals surface area (Å²) < 4.78 is 16.3. The molecule has 3 aromatic carbocycles. The molecule has 3 rings (SSSR count). The molecule has 0 unspecified atom stereocenters. The van der Waals surface area contributed by atoms with E-state index in [0.717, 1.165) is 5.56 Å². The minimum Gasteiger partial charge on any atom is -0.493 e. The Hall–Kier alpha value is -4.10. The van der Waals surface area contributed by atoms with Crippen molar-refractivity contribution in [2.75, 3.05) is 13.7 Å². The molecule has 0 atom stereocenters. The summed E-state index contributed by atoms with van der Waals surface area (Å²) in [5, 5.41) is 4.46. The van der Waals surface area contributed by atoms with E-state index in [1.807, 2.05) is 18.2 Å². The van der Waals surface area contributed by atoms with Crippen LogP contribution in [-0.2, 0) is 11.2 Å². The smallest absolute Gasteiger partial charge is 0.343 e. The third-order valence-corrected chi connectivity index (χ3v) is 4.82. The van der Waals surface area contributed by atoms with Gasteiger partial charge in [0, 0.05) is 5.02 Å². The lowest BCUT2D eigenvalue weighted by atomic mass is 10.1. The number of para-hydroxylation sites is 1. The molecular weight excluding hydrogens is 456 g/mol. The van der Waals surface area contributed by atoms with Crippen LogP contribution < -0.4 is 19.6 Å². The molecule has 1 N–H and O–H groups in total. The third kappa shape index (κ3) is 6.95. The summed E-state index contributed by atoms with van der Waals surface area (Å²) >= 11 is 5.85. The predicted octanol–water partition coefficient (Wildman–Crippen LogP) is 4.83. The highest BCUT2D eigenvalue weighted by Gasteiger charge is 2.13. The number of nitrogens with one attached hydrogen (secondary N) is 1. The second-order valence-corrected chi connectivity index (χ2v) is 7.43. The third-order valence-electron chi connectivity index (χ3n) is 4.57. The number of carbonyl (C=O) groups is 2. The summed E-state index contributed by atoms with van der Waals surface area (Å²) in [5.74, 6) is 0.244. The highest BCUT2D eigenvalue weighted by atomic mass is 35.5. The van der Waals surface area contributed by atoms with Gasteiger partial charge in [-0.25, -0.2) is 10.2 Å². The Balaban J connectivity index is 1.56. The van der Waals surface area contributed by atoms with E-state index in [1.165, 1.54) is 13.3 Å². The van der Waals surface area contributed by atoms with Crippen LogP contribution in [0.25, 0.3) is 0 Å². The van der Waals surface area contributed by atoms with Gasteiger partial charge >= 0.3 is 5.97 Å². The largest absolute Gasteiger partial charge is 0.493 e. The van der Waals surface area contributed by atoms with Crippen molar-refractivity contribution in [1.82, 2.24) is 5.43 Å². The number of nitrogens with zero attached hydrogens (tertiary/aromatic N) is 1. The van der Waals surface area contributed by atoms with E-state index >= 15 is 0 Å². The van der Waals surface area contributed by atoms with Crippen molar-refractivity contribution in [2.45, 2.75) is 6.42 Å². The van der Waals surface area contributed by atoms with Crippen LogP contribution in [0.4, 0.5) is 0 Å². The number of hydrogen-bond acceptors (Lipinski definition) is 6. The van der Waals surface area contributed by atoms with E-state index in [-0.39, 0.29) is 12.4 Å². The lowest BCUT2D eigenvalue weighted by Gasteiger charge is -2.10. The minimum atomic E-state index is -0.543. The Morgan fingerprint density at radius 3 is 2.53 bits per heavy atom. The van der Waals surface area contributed by atoms with Crippen LogP contribution in [0.15, 0.2) is 84.5 Å². The maximum absolute atomic E-state index is 12.3. The van der Waals surface area contributed by atoms with E-state index < -0.39 is 11.9 Å². The van der Waals surface area contributed by atoms with Gasteiger partial charge in [-0.3, -0.25) is 4.79 Å². The van der Waals surface area contributed by atoms with Gasteiger partial charge in [0.05, 0.1) is 18.9 Å². The van der Waals surface area contributed by atoms with Crippen molar-refractivity contribution >= 4 is 29.7 Å². The Labute approximate surface area is 202 Å². The summed E-state index contributed by atoms with van der Waals surface area (Å²) in [6, 6.07) is 18.7. The molecule has 8 heteroatoms. The van der Waals surface area contributed by atoms with Gasteiger partial charge in [0.2, 0.25) is 0 Å². The molecule has 0 bridgehead atoms. The van der Waals surface area contributed by atoms with Crippen LogP contribution in [0.2, 0.25) is 5.02 Å². The number of amides is 1. The van der Waals surface area contributed by atoms with E-state index in [1.54, 1.807) is 54.6 Å². The number of benzene rings is 3. The van der Waals surface area contributed by atoms with Crippen molar-refractivity contribution in [1.29, 1.82) is 0 Å². The molecule has 0 fully saturated rings.